The molecule has 184 valence electrons. The molecule has 0 atom stereocenters. The molecule has 3 aromatic carbocycles. The van der Waals surface area contributed by atoms with Crippen LogP contribution >= 0.6 is 34.8 Å². The molecular weight excluding hydrogens is 558 g/mol. The number of carbonyl (C=O) groups is 3. The number of nitrogens with one attached hydrogen (secondary N) is 1. The van der Waals surface area contributed by atoms with Crippen molar-refractivity contribution in [3.8, 4) is 5.75 Å². The van der Waals surface area contributed by atoms with E-state index in [2.05, 4.69) is 0 Å². The van der Waals surface area contributed by atoms with Gasteiger partial charge in [0.1, 0.15) is 16.3 Å². The second-order valence-corrected chi connectivity index (χ2v) is 10.1. The van der Waals surface area contributed by atoms with Crippen molar-refractivity contribution in [3.05, 3.63) is 92.7 Å². The second kappa shape index (κ2) is 9.90. The first-order valence-electron chi connectivity index (χ1n) is 9.82. The van der Waals surface area contributed by atoms with Crippen molar-refractivity contribution in [3.63, 3.8) is 0 Å². The molecule has 3 aromatic rings. The van der Waals surface area contributed by atoms with Gasteiger partial charge in [-0.25, -0.2) is 14.1 Å². The Morgan fingerprint density at radius 3 is 2.17 bits per heavy atom. The number of amides is 4. The van der Waals surface area contributed by atoms with Crippen LogP contribution in [0.25, 0.3) is 6.08 Å². The van der Waals surface area contributed by atoms with Gasteiger partial charge in [-0.15, -0.1) is 0 Å². The number of rotatable bonds is 5. The molecule has 0 aromatic heterocycles. The average molecular weight is 570 g/mol. The first kappa shape index (κ1) is 25.6. The van der Waals surface area contributed by atoms with Crippen LogP contribution in [-0.2, 0) is 19.7 Å². The highest BCUT2D eigenvalue weighted by Crippen LogP contribution is 2.36. The Morgan fingerprint density at radius 1 is 0.889 bits per heavy atom. The molecule has 1 N–H and O–H groups in total. The zero-order valence-electron chi connectivity index (χ0n) is 17.7. The summed E-state index contributed by atoms with van der Waals surface area (Å²) in [5, 5.41) is 2.10. The molecule has 0 radical (unpaired) electrons. The molecule has 0 spiro atoms. The standard InChI is InChI=1S/C23H12Cl3FN2O6S/c24-13-1-7-17(8-2-13)36(33,34)35-20-12(9-14(25)11-19(20)26)10-18-21(30)28-23(32)29(22(18)31)16-5-3-15(27)4-6-16/h1-11H,(H,28,30,32)/b18-10+. The fourth-order valence-corrected chi connectivity index (χ4v) is 4.86. The van der Waals surface area contributed by atoms with E-state index < -0.39 is 45.1 Å². The highest BCUT2D eigenvalue weighted by Gasteiger charge is 2.37. The maximum absolute atomic E-state index is 13.3. The van der Waals surface area contributed by atoms with Crippen LogP contribution in [0, 0.1) is 5.82 Å². The number of nitrogens with zero attached hydrogens (tertiary/aromatic N) is 1. The average Bonchev–Trinajstić information content (AvgIpc) is 2.80. The normalized spacial score (nSPS) is 15.3. The van der Waals surface area contributed by atoms with Crippen LogP contribution in [-0.4, -0.2) is 26.3 Å². The Kier molecular flexibility index (Phi) is 7.05. The smallest absolute Gasteiger partial charge is 0.339 e. The van der Waals surface area contributed by atoms with Gasteiger partial charge in [0.2, 0.25) is 0 Å². The summed E-state index contributed by atoms with van der Waals surface area (Å²) in [6.45, 7) is 0. The van der Waals surface area contributed by atoms with E-state index in [-0.39, 0.29) is 26.2 Å². The highest BCUT2D eigenvalue weighted by atomic mass is 35.5. The molecule has 1 fully saturated rings. The van der Waals surface area contributed by atoms with E-state index in [0.29, 0.717) is 9.92 Å². The predicted octanol–water partition coefficient (Wildman–Crippen LogP) is 5.22. The van der Waals surface area contributed by atoms with E-state index in [1.807, 2.05) is 5.32 Å². The molecule has 1 saturated heterocycles. The summed E-state index contributed by atoms with van der Waals surface area (Å²) in [4.78, 5) is 38.3. The maximum atomic E-state index is 13.3. The van der Waals surface area contributed by atoms with Crippen molar-refractivity contribution in [1.29, 1.82) is 0 Å². The monoisotopic (exact) mass is 568 g/mol. The van der Waals surface area contributed by atoms with Crippen molar-refractivity contribution < 1.29 is 31.4 Å². The summed E-state index contributed by atoms with van der Waals surface area (Å²) < 4.78 is 44.2. The Balaban J connectivity index is 1.78. The van der Waals surface area contributed by atoms with Crippen molar-refractivity contribution in [2.24, 2.45) is 0 Å². The number of benzene rings is 3. The fourth-order valence-electron chi connectivity index (χ4n) is 3.17. The molecule has 0 saturated carbocycles. The minimum atomic E-state index is -4.42. The largest absolute Gasteiger partial charge is 0.377 e. The molecule has 8 nitrogen and oxygen atoms in total. The first-order chi connectivity index (χ1) is 17.0. The quantitative estimate of drug-likeness (QED) is 0.256. The molecule has 0 aliphatic carbocycles. The van der Waals surface area contributed by atoms with Crippen molar-refractivity contribution in [1.82, 2.24) is 5.32 Å². The summed E-state index contributed by atoms with van der Waals surface area (Å²) in [6.07, 6.45) is 0.977. The Bertz CT molecular complexity index is 1540. The van der Waals surface area contributed by atoms with E-state index in [4.69, 9.17) is 39.0 Å². The molecule has 36 heavy (non-hydrogen) atoms. The van der Waals surface area contributed by atoms with E-state index >= 15 is 0 Å². The molecule has 1 aliphatic heterocycles. The lowest BCUT2D eigenvalue weighted by Gasteiger charge is -2.26. The lowest BCUT2D eigenvalue weighted by atomic mass is 10.1. The first-order valence-corrected chi connectivity index (χ1v) is 12.4. The van der Waals surface area contributed by atoms with Gasteiger partial charge in [0.15, 0.2) is 5.75 Å². The lowest BCUT2D eigenvalue weighted by Crippen LogP contribution is -2.54. The number of urea groups is 1. The summed E-state index contributed by atoms with van der Waals surface area (Å²) in [6, 6.07) is 10.9. The number of barbiturate groups is 1. The molecule has 4 rings (SSSR count). The number of hydrogen-bond donors (Lipinski definition) is 1. The lowest BCUT2D eigenvalue weighted by molar-refractivity contribution is -0.122. The van der Waals surface area contributed by atoms with Gasteiger partial charge in [-0.1, -0.05) is 34.8 Å². The van der Waals surface area contributed by atoms with Crippen LogP contribution in [0.4, 0.5) is 14.9 Å². The molecule has 1 heterocycles. The minimum Gasteiger partial charge on any atom is -0.377 e. The van der Waals surface area contributed by atoms with Crippen LogP contribution in [0.5, 0.6) is 5.75 Å². The Hall–Kier alpha value is -3.44. The van der Waals surface area contributed by atoms with Gasteiger partial charge in [0.25, 0.3) is 11.8 Å². The fraction of sp³-hybridized carbons (Fsp3) is 0. The van der Waals surface area contributed by atoms with Crippen LogP contribution < -0.4 is 14.4 Å². The number of halogens is 4. The van der Waals surface area contributed by atoms with E-state index in [0.717, 1.165) is 18.2 Å². The van der Waals surface area contributed by atoms with Crippen LogP contribution in [0.3, 0.4) is 0 Å². The number of anilines is 1. The van der Waals surface area contributed by atoms with Gasteiger partial charge < -0.3 is 4.18 Å². The Morgan fingerprint density at radius 2 is 1.53 bits per heavy atom. The number of imide groups is 2. The maximum Gasteiger partial charge on any atom is 0.339 e. The van der Waals surface area contributed by atoms with Crippen LogP contribution in [0.15, 0.2) is 71.1 Å². The molecule has 13 heteroatoms. The topological polar surface area (TPSA) is 110 Å². The van der Waals surface area contributed by atoms with Crippen LogP contribution in [0.2, 0.25) is 15.1 Å². The van der Waals surface area contributed by atoms with Gasteiger partial charge in [-0.05, 0) is 66.7 Å². The molecule has 4 amide bonds. The molecular formula is C23H12Cl3FN2O6S. The van der Waals surface area contributed by atoms with Crippen LogP contribution in [0.1, 0.15) is 5.56 Å². The van der Waals surface area contributed by atoms with Gasteiger partial charge in [-0.2, -0.15) is 8.42 Å². The third kappa shape index (κ3) is 5.21. The summed E-state index contributed by atoms with van der Waals surface area (Å²) >= 11 is 18.1. The van der Waals surface area contributed by atoms with Crippen molar-refractivity contribution in [2.45, 2.75) is 4.90 Å². The molecule has 0 bridgehead atoms. The third-order valence-corrected chi connectivity index (χ3v) is 6.81. The SMILES string of the molecule is O=C1NC(=O)N(c2ccc(F)cc2)C(=O)/C1=C/c1cc(Cl)cc(Cl)c1OS(=O)(=O)c1ccc(Cl)cc1. The number of carbonyl (C=O) groups excluding carboxylic acids is 3. The van der Waals surface area contributed by atoms with Gasteiger partial charge in [0, 0.05) is 15.6 Å². The highest BCUT2D eigenvalue weighted by molar-refractivity contribution is 7.87. The second-order valence-electron chi connectivity index (χ2n) is 7.23. The zero-order valence-corrected chi connectivity index (χ0v) is 20.8. The van der Waals surface area contributed by atoms with E-state index in [9.17, 15) is 27.2 Å². The van der Waals surface area contributed by atoms with Crippen molar-refractivity contribution >= 4 is 74.5 Å². The van der Waals surface area contributed by atoms with E-state index in [1.54, 1.807) is 0 Å². The number of hydrogen-bond acceptors (Lipinski definition) is 6. The Labute approximate surface area is 218 Å². The van der Waals surface area contributed by atoms with Gasteiger partial charge in [0.05, 0.1) is 10.7 Å². The van der Waals surface area contributed by atoms with Gasteiger partial charge in [-0.3, -0.25) is 14.9 Å². The van der Waals surface area contributed by atoms with Gasteiger partial charge >= 0.3 is 16.1 Å². The zero-order chi connectivity index (χ0) is 26.2. The summed E-state index contributed by atoms with van der Waals surface area (Å²) in [5.41, 5.74) is -0.717. The summed E-state index contributed by atoms with van der Waals surface area (Å²) in [5.74, 6) is -3.15. The van der Waals surface area contributed by atoms with E-state index in [1.165, 1.54) is 48.5 Å². The minimum absolute atomic E-state index is 0.0109. The summed E-state index contributed by atoms with van der Waals surface area (Å²) in [7, 11) is -4.42. The predicted molar refractivity (Wildman–Crippen MR) is 131 cm³/mol. The van der Waals surface area contributed by atoms with Crippen molar-refractivity contribution in [2.75, 3.05) is 4.90 Å². The molecule has 0 unspecified atom stereocenters. The molecule has 1 aliphatic rings. The third-order valence-electron chi connectivity index (χ3n) is 4.82.